The molecular formula is C7H2BrFNa2O4S. The van der Waals surface area contributed by atoms with E-state index >= 15 is 0 Å². The van der Waals surface area contributed by atoms with Gasteiger partial charge in [0.2, 0.25) is 0 Å². The Morgan fingerprint density at radius 3 is 2.25 bits per heavy atom. The Morgan fingerprint density at radius 1 is 1.38 bits per heavy atom. The van der Waals surface area contributed by atoms with Crippen LogP contribution in [0.4, 0.5) is 4.39 Å². The van der Waals surface area contributed by atoms with Crippen LogP contribution in [0, 0.1) is 5.82 Å². The molecule has 0 saturated heterocycles. The molecule has 4 nitrogen and oxygen atoms in total. The monoisotopic (exact) mass is 326 g/mol. The van der Waals surface area contributed by atoms with Crippen LogP contribution in [0.2, 0.25) is 0 Å². The Morgan fingerprint density at radius 2 is 1.88 bits per heavy atom. The van der Waals surface area contributed by atoms with Crippen LogP contribution in [0.1, 0.15) is 10.4 Å². The quantitative estimate of drug-likeness (QED) is 0.400. The summed E-state index contributed by atoms with van der Waals surface area (Å²) in [6, 6.07) is 1.49. The van der Waals surface area contributed by atoms with Crippen LogP contribution in [0.15, 0.2) is 21.5 Å². The summed E-state index contributed by atoms with van der Waals surface area (Å²) in [5.41, 5.74) is -0.523. The van der Waals surface area contributed by atoms with Crippen molar-refractivity contribution >= 4 is 33.0 Å². The Hall–Kier alpha value is 1.21. The van der Waals surface area contributed by atoms with Crippen LogP contribution >= 0.6 is 15.9 Å². The van der Waals surface area contributed by atoms with Gasteiger partial charge < -0.3 is 14.5 Å². The molecule has 0 aliphatic carbocycles. The number of benzene rings is 1. The fourth-order valence-corrected chi connectivity index (χ4v) is 1.90. The average Bonchev–Trinajstić information content (AvgIpc) is 2.08. The molecule has 1 unspecified atom stereocenters. The first-order valence-electron chi connectivity index (χ1n) is 3.23. The van der Waals surface area contributed by atoms with Gasteiger partial charge in [0.1, 0.15) is 5.82 Å². The third-order valence-corrected chi connectivity index (χ3v) is 3.16. The molecule has 0 bridgehead atoms. The molecule has 0 fully saturated rings. The van der Waals surface area contributed by atoms with Gasteiger partial charge in [-0.1, -0.05) is 0 Å². The van der Waals surface area contributed by atoms with E-state index in [1.165, 1.54) is 0 Å². The maximum atomic E-state index is 12.9. The minimum Gasteiger partial charge on any atom is -0.768 e. The molecule has 16 heavy (non-hydrogen) atoms. The topological polar surface area (TPSA) is 80.3 Å². The zero-order chi connectivity index (χ0) is 10.9. The number of rotatable bonds is 2. The summed E-state index contributed by atoms with van der Waals surface area (Å²) in [7, 11) is 0. The van der Waals surface area contributed by atoms with Crippen molar-refractivity contribution in [1.82, 2.24) is 0 Å². The molecule has 0 N–H and O–H groups in total. The minimum atomic E-state index is -2.71. The average molecular weight is 327 g/mol. The fourth-order valence-electron chi connectivity index (χ4n) is 0.803. The van der Waals surface area contributed by atoms with E-state index < -0.39 is 33.3 Å². The summed E-state index contributed by atoms with van der Waals surface area (Å²) in [6.45, 7) is 0. The van der Waals surface area contributed by atoms with Crippen LogP contribution < -0.4 is 64.2 Å². The van der Waals surface area contributed by atoms with Crippen molar-refractivity contribution in [1.29, 1.82) is 0 Å². The second kappa shape index (κ2) is 8.34. The van der Waals surface area contributed by atoms with E-state index in [1.54, 1.807) is 0 Å². The zero-order valence-corrected chi connectivity index (χ0v) is 14.9. The van der Waals surface area contributed by atoms with Gasteiger partial charge in [0.05, 0.1) is 10.4 Å². The number of hydrogen-bond donors (Lipinski definition) is 0. The summed E-state index contributed by atoms with van der Waals surface area (Å²) >= 11 is -0.0230. The van der Waals surface area contributed by atoms with Crippen LogP contribution in [0.5, 0.6) is 0 Å². The molecule has 9 heteroatoms. The molecule has 0 spiro atoms. The van der Waals surface area contributed by atoms with E-state index in [2.05, 4.69) is 15.9 Å². The number of hydrogen-bond acceptors (Lipinski definition) is 4. The summed E-state index contributed by atoms with van der Waals surface area (Å²) < 4.78 is 33.7. The van der Waals surface area contributed by atoms with Gasteiger partial charge in [-0.2, -0.15) is 0 Å². The Bertz CT molecular complexity index is 429. The molecule has 1 atom stereocenters. The molecule has 1 aromatic rings. The van der Waals surface area contributed by atoms with Gasteiger partial charge in [-0.25, -0.2) is 4.39 Å². The van der Waals surface area contributed by atoms with Crippen molar-refractivity contribution in [3.63, 3.8) is 0 Å². The number of halogens is 2. The van der Waals surface area contributed by atoms with Crippen molar-refractivity contribution in [2.75, 3.05) is 0 Å². The molecule has 0 aliphatic rings. The van der Waals surface area contributed by atoms with Crippen molar-refractivity contribution < 1.29 is 82.2 Å². The van der Waals surface area contributed by atoms with Gasteiger partial charge in [-0.05, 0) is 39.1 Å². The van der Waals surface area contributed by atoms with E-state index in [9.17, 15) is 23.1 Å². The van der Waals surface area contributed by atoms with Gasteiger partial charge in [-0.15, -0.1) is 0 Å². The van der Waals surface area contributed by atoms with E-state index in [1.807, 2.05) is 0 Å². The molecule has 0 aliphatic heterocycles. The second-order valence-electron chi connectivity index (χ2n) is 2.29. The number of aromatic carboxylic acids is 1. The number of carboxylic acids is 1. The van der Waals surface area contributed by atoms with E-state index in [0.29, 0.717) is 6.07 Å². The van der Waals surface area contributed by atoms with Crippen molar-refractivity contribution in [3.8, 4) is 0 Å². The van der Waals surface area contributed by atoms with Gasteiger partial charge in [-0.3, -0.25) is 4.21 Å². The van der Waals surface area contributed by atoms with E-state index in [4.69, 9.17) is 0 Å². The smallest absolute Gasteiger partial charge is 0.768 e. The Kier molecular flexibility index (Phi) is 10.2. The van der Waals surface area contributed by atoms with E-state index in [-0.39, 0.29) is 63.6 Å². The van der Waals surface area contributed by atoms with Gasteiger partial charge >= 0.3 is 59.1 Å². The summed E-state index contributed by atoms with van der Waals surface area (Å²) in [5, 5.41) is 10.3. The first-order valence-corrected chi connectivity index (χ1v) is 5.10. The van der Waals surface area contributed by atoms with Crippen LogP contribution in [-0.2, 0) is 11.1 Å². The molecule has 1 aromatic carbocycles. The predicted molar refractivity (Wildman–Crippen MR) is 45.6 cm³/mol. The molecule has 76 valence electrons. The van der Waals surface area contributed by atoms with Gasteiger partial charge in [0, 0.05) is 10.5 Å². The molecule has 0 radical (unpaired) electrons. The number of carbonyl (C=O) groups is 1. The largest absolute Gasteiger partial charge is 1.00 e. The Balaban J connectivity index is 0. The molecule has 0 saturated carbocycles. The first-order chi connectivity index (χ1) is 6.43. The third kappa shape index (κ3) is 4.83. The summed E-state index contributed by atoms with van der Waals surface area (Å²) in [4.78, 5) is 9.89. The molecular weight excluding hydrogens is 325 g/mol. The standard InChI is InChI=1S/C7H4BrFO4S.2Na/c8-6-4(9)1-3(7(10)11)2-5(6)14(12)13;;/h1-2H,(H,10,11)(H,12,13);;/q;2*+1/p-2. The van der Waals surface area contributed by atoms with Crippen LogP contribution in [-0.4, -0.2) is 14.7 Å². The minimum absolute atomic E-state index is 0. The number of carboxylic acid groups (broad SMARTS) is 1. The second-order valence-corrected chi connectivity index (χ2v) is 3.99. The Labute approximate surface area is 146 Å². The molecule has 0 heterocycles. The van der Waals surface area contributed by atoms with Crippen molar-refractivity contribution in [3.05, 3.63) is 28.0 Å². The maximum Gasteiger partial charge on any atom is 1.00 e. The van der Waals surface area contributed by atoms with Crippen LogP contribution in [0.25, 0.3) is 0 Å². The van der Waals surface area contributed by atoms with Crippen LogP contribution in [0.3, 0.4) is 0 Å². The fraction of sp³-hybridized carbons (Fsp3) is 0. The molecule has 0 aromatic heterocycles. The molecule has 1 rings (SSSR count). The van der Waals surface area contributed by atoms with Crippen molar-refractivity contribution in [2.24, 2.45) is 0 Å². The summed E-state index contributed by atoms with van der Waals surface area (Å²) in [6.07, 6.45) is 0. The van der Waals surface area contributed by atoms with Gasteiger partial charge in [0.25, 0.3) is 0 Å². The zero-order valence-electron chi connectivity index (χ0n) is 8.45. The predicted octanol–water partition coefficient (Wildman–Crippen LogP) is -5.80. The third-order valence-electron chi connectivity index (χ3n) is 1.41. The maximum absolute atomic E-state index is 12.9. The SMILES string of the molecule is O=C([O-])c1cc(F)c(Br)c(S(=O)[O-])c1.[Na+].[Na+]. The first kappa shape index (κ1) is 19.5. The summed E-state index contributed by atoms with van der Waals surface area (Å²) in [5.74, 6) is -2.60. The van der Waals surface area contributed by atoms with E-state index in [0.717, 1.165) is 6.07 Å². The number of carbonyl (C=O) groups excluding carboxylic acids is 1. The van der Waals surface area contributed by atoms with Crippen molar-refractivity contribution in [2.45, 2.75) is 4.90 Å². The molecule has 0 amide bonds. The normalized spacial score (nSPS) is 10.9. The van der Waals surface area contributed by atoms with Gasteiger partial charge in [0.15, 0.2) is 0 Å².